The van der Waals surface area contributed by atoms with E-state index in [1.165, 1.54) is 7.11 Å². The molecule has 5 heteroatoms. The first-order valence-electron chi connectivity index (χ1n) is 5.81. The lowest BCUT2D eigenvalue weighted by Crippen LogP contribution is -2.38. The Morgan fingerprint density at radius 3 is 2.89 bits per heavy atom. The number of hydrogen-bond acceptors (Lipinski definition) is 4. The molecule has 18 heavy (non-hydrogen) atoms. The zero-order valence-corrected chi connectivity index (χ0v) is 10.2. The summed E-state index contributed by atoms with van der Waals surface area (Å²) in [7, 11) is 1.32. The number of para-hydroxylation sites is 2. The Morgan fingerprint density at radius 1 is 1.33 bits per heavy atom. The fraction of sp³-hybridized carbons (Fsp3) is 0.385. The van der Waals surface area contributed by atoms with E-state index in [4.69, 9.17) is 4.74 Å². The quantitative estimate of drug-likeness (QED) is 0.759. The Labute approximate surface area is 105 Å². The summed E-state index contributed by atoms with van der Waals surface area (Å²) in [6.07, 6.45) is 0.260. The molecule has 0 bridgehead atoms. The van der Waals surface area contributed by atoms with Gasteiger partial charge in [-0.15, -0.1) is 0 Å². The molecule has 0 atom stereocenters. The second kappa shape index (κ2) is 5.53. The van der Waals surface area contributed by atoms with Crippen molar-refractivity contribution in [2.75, 3.05) is 25.2 Å². The zero-order valence-electron chi connectivity index (χ0n) is 10.2. The predicted octanol–water partition coefficient (Wildman–Crippen LogP) is 1.37. The summed E-state index contributed by atoms with van der Waals surface area (Å²) in [5.74, 6) is 0.246. The van der Waals surface area contributed by atoms with E-state index in [0.717, 1.165) is 5.69 Å². The van der Waals surface area contributed by atoms with Gasteiger partial charge in [-0.2, -0.15) is 0 Å². The van der Waals surface area contributed by atoms with Crippen LogP contribution in [0.4, 0.5) is 5.69 Å². The lowest BCUT2D eigenvalue weighted by atomic mass is 10.2. The van der Waals surface area contributed by atoms with Crippen LogP contribution in [0.1, 0.15) is 12.8 Å². The molecule has 5 nitrogen and oxygen atoms in total. The number of nitrogens with zero attached hydrogens (tertiary/aromatic N) is 1. The van der Waals surface area contributed by atoms with Gasteiger partial charge in [-0.3, -0.25) is 9.59 Å². The molecule has 1 aromatic carbocycles. The largest absolute Gasteiger partial charge is 0.490 e. The number of esters is 1. The smallest absolute Gasteiger partial charge is 0.306 e. The van der Waals surface area contributed by atoms with E-state index >= 15 is 0 Å². The van der Waals surface area contributed by atoms with Gasteiger partial charge in [0.1, 0.15) is 12.4 Å². The van der Waals surface area contributed by atoms with Crippen LogP contribution in [-0.4, -0.2) is 32.1 Å². The molecule has 1 aliphatic rings. The molecule has 1 aliphatic heterocycles. The molecule has 0 saturated carbocycles. The Morgan fingerprint density at radius 2 is 2.11 bits per heavy atom. The van der Waals surface area contributed by atoms with E-state index in [-0.39, 0.29) is 24.7 Å². The molecular weight excluding hydrogens is 234 g/mol. The number of fused-ring (bicyclic) bond motifs is 1. The molecule has 0 spiro atoms. The minimum atomic E-state index is -0.370. The third kappa shape index (κ3) is 2.61. The van der Waals surface area contributed by atoms with E-state index < -0.39 is 0 Å². The number of carbonyl (C=O) groups is 2. The minimum Gasteiger partial charge on any atom is -0.490 e. The highest BCUT2D eigenvalue weighted by Crippen LogP contribution is 2.31. The molecule has 0 N–H and O–H groups in total. The highest BCUT2D eigenvalue weighted by atomic mass is 16.5. The number of hydrogen-bond donors (Lipinski definition) is 0. The molecule has 0 saturated heterocycles. The van der Waals surface area contributed by atoms with Crippen molar-refractivity contribution in [2.24, 2.45) is 0 Å². The monoisotopic (exact) mass is 249 g/mol. The van der Waals surface area contributed by atoms with Gasteiger partial charge < -0.3 is 14.4 Å². The average Bonchev–Trinajstić information content (AvgIpc) is 2.43. The lowest BCUT2D eigenvalue weighted by Gasteiger charge is -2.29. The molecule has 0 radical (unpaired) electrons. The van der Waals surface area contributed by atoms with Gasteiger partial charge in [0.15, 0.2) is 0 Å². The molecular formula is C13H15NO4. The maximum atomic E-state index is 12.0. The maximum absolute atomic E-state index is 12.0. The van der Waals surface area contributed by atoms with Crippen LogP contribution < -0.4 is 9.64 Å². The predicted molar refractivity (Wildman–Crippen MR) is 65.5 cm³/mol. The van der Waals surface area contributed by atoms with Crippen molar-refractivity contribution in [1.82, 2.24) is 0 Å². The summed E-state index contributed by atoms with van der Waals surface area (Å²) < 4.78 is 9.99. The fourth-order valence-corrected chi connectivity index (χ4v) is 1.87. The molecule has 0 unspecified atom stereocenters. The van der Waals surface area contributed by atoms with E-state index in [1.807, 2.05) is 24.3 Å². The van der Waals surface area contributed by atoms with Crippen LogP contribution in [0.3, 0.4) is 0 Å². The van der Waals surface area contributed by atoms with Crippen LogP contribution in [0.15, 0.2) is 24.3 Å². The van der Waals surface area contributed by atoms with E-state index in [1.54, 1.807) is 4.90 Å². The van der Waals surface area contributed by atoms with Gasteiger partial charge in [0.25, 0.3) is 0 Å². The van der Waals surface area contributed by atoms with Gasteiger partial charge in [-0.05, 0) is 12.1 Å². The van der Waals surface area contributed by atoms with Crippen molar-refractivity contribution in [2.45, 2.75) is 12.8 Å². The van der Waals surface area contributed by atoms with Crippen molar-refractivity contribution < 1.29 is 19.1 Å². The maximum Gasteiger partial charge on any atom is 0.306 e. The van der Waals surface area contributed by atoms with Crippen LogP contribution >= 0.6 is 0 Å². The van der Waals surface area contributed by atoms with Gasteiger partial charge >= 0.3 is 5.97 Å². The van der Waals surface area contributed by atoms with Gasteiger partial charge in [0.05, 0.1) is 25.8 Å². The molecule has 1 aromatic rings. The molecule has 0 fully saturated rings. The summed E-state index contributed by atoms with van der Waals surface area (Å²) >= 11 is 0. The number of benzene rings is 1. The SMILES string of the molecule is COC(=O)CCC(=O)N1CCOc2ccccc21. The van der Waals surface area contributed by atoms with Crippen LogP contribution in [0.25, 0.3) is 0 Å². The van der Waals surface area contributed by atoms with Gasteiger partial charge in [0.2, 0.25) is 5.91 Å². The van der Waals surface area contributed by atoms with Crippen molar-refractivity contribution in [3.63, 3.8) is 0 Å². The lowest BCUT2D eigenvalue weighted by molar-refractivity contribution is -0.141. The van der Waals surface area contributed by atoms with E-state index in [9.17, 15) is 9.59 Å². The van der Waals surface area contributed by atoms with Gasteiger partial charge in [0, 0.05) is 6.42 Å². The first-order valence-corrected chi connectivity index (χ1v) is 5.81. The van der Waals surface area contributed by atoms with Crippen molar-refractivity contribution >= 4 is 17.6 Å². The first kappa shape index (κ1) is 12.4. The van der Waals surface area contributed by atoms with Gasteiger partial charge in [-0.25, -0.2) is 0 Å². The normalized spacial score (nSPS) is 13.5. The number of methoxy groups -OCH3 is 1. The molecule has 1 amide bonds. The zero-order chi connectivity index (χ0) is 13.0. The van der Waals surface area contributed by atoms with Crippen LogP contribution in [0.5, 0.6) is 5.75 Å². The number of carbonyl (C=O) groups excluding carboxylic acids is 2. The van der Waals surface area contributed by atoms with Gasteiger partial charge in [-0.1, -0.05) is 12.1 Å². The Balaban J connectivity index is 2.06. The highest BCUT2D eigenvalue weighted by Gasteiger charge is 2.23. The number of amides is 1. The molecule has 0 aliphatic carbocycles. The van der Waals surface area contributed by atoms with E-state index in [0.29, 0.717) is 18.9 Å². The number of rotatable bonds is 3. The summed E-state index contributed by atoms with van der Waals surface area (Å²) in [5.41, 5.74) is 0.763. The summed E-state index contributed by atoms with van der Waals surface area (Å²) in [6.45, 7) is 0.984. The third-order valence-corrected chi connectivity index (χ3v) is 2.80. The molecule has 0 aromatic heterocycles. The Bertz CT molecular complexity index is 458. The van der Waals surface area contributed by atoms with Crippen LogP contribution in [-0.2, 0) is 14.3 Å². The van der Waals surface area contributed by atoms with Crippen LogP contribution in [0.2, 0.25) is 0 Å². The first-order chi connectivity index (χ1) is 8.72. The molecule has 2 rings (SSSR count). The fourth-order valence-electron chi connectivity index (χ4n) is 1.87. The highest BCUT2D eigenvalue weighted by molar-refractivity contribution is 5.96. The topological polar surface area (TPSA) is 55.8 Å². The second-order valence-corrected chi connectivity index (χ2v) is 3.94. The summed E-state index contributed by atoms with van der Waals surface area (Å²) in [4.78, 5) is 24.7. The van der Waals surface area contributed by atoms with Crippen molar-refractivity contribution in [1.29, 1.82) is 0 Å². The van der Waals surface area contributed by atoms with Crippen molar-refractivity contribution in [3.05, 3.63) is 24.3 Å². The van der Waals surface area contributed by atoms with Crippen molar-refractivity contribution in [3.8, 4) is 5.75 Å². The Kier molecular flexibility index (Phi) is 3.82. The standard InChI is InChI=1S/C13H15NO4/c1-17-13(16)7-6-12(15)14-8-9-18-11-5-3-2-4-10(11)14/h2-5H,6-9H2,1H3. The number of ether oxygens (including phenoxy) is 2. The van der Waals surface area contributed by atoms with E-state index in [2.05, 4.69) is 4.74 Å². The summed E-state index contributed by atoms with van der Waals surface area (Å²) in [6, 6.07) is 7.38. The average molecular weight is 249 g/mol. The number of anilines is 1. The molecule has 96 valence electrons. The molecule has 1 heterocycles. The second-order valence-electron chi connectivity index (χ2n) is 3.94. The summed E-state index contributed by atoms with van der Waals surface area (Å²) in [5, 5.41) is 0. The van der Waals surface area contributed by atoms with Crippen LogP contribution in [0, 0.1) is 0 Å². The Hall–Kier alpha value is -2.04. The third-order valence-electron chi connectivity index (χ3n) is 2.80. The minimum absolute atomic E-state index is 0.0869.